The molecule has 1 aromatic rings. The van der Waals surface area contributed by atoms with E-state index in [0.29, 0.717) is 5.71 Å². The second-order valence-electron chi connectivity index (χ2n) is 4.28. The molecule has 0 aliphatic carbocycles. The third kappa shape index (κ3) is 3.13. The van der Waals surface area contributed by atoms with Crippen LogP contribution in [-0.2, 0) is 4.79 Å². The fourth-order valence-electron chi connectivity index (χ4n) is 1.70. The largest absolute Gasteiger partial charge is 0.297 e. The van der Waals surface area contributed by atoms with E-state index in [1.54, 1.807) is 6.92 Å². The summed E-state index contributed by atoms with van der Waals surface area (Å²) in [6.07, 6.45) is 2.70. The van der Waals surface area contributed by atoms with Crippen LogP contribution in [0.5, 0.6) is 0 Å². The van der Waals surface area contributed by atoms with Crippen LogP contribution in [0, 0.1) is 20.8 Å². The van der Waals surface area contributed by atoms with E-state index >= 15 is 0 Å². The highest BCUT2D eigenvalue weighted by atomic mass is 16.1. The Hall–Kier alpha value is -1.70. The molecule has 0 amide bonds. The molecule has 17 heavy (non-hydrogen) atoms. The highest BCUT2D eigenvalue weighted by Crippen LogP contribution is 2.22. The Balaban J connectivity index is 3.28. The smallest absolute Gasteiger partial charge is 0.163 e. The Morgan fingerprint density at radius 1 is 1.18 bits per heavy atom. The monoisotopic (exact) mass is 229 g/mol. The topological polar surface area (TPSA) is 29.4 Å². The summed E-state index contributed by atoms with van der Waals surface area (Å²) in [6, 6.07) is 4.22. The molecule has 0 saturated carbocycles. The van der Waals surface area contributed by atoms with Crippen molar-refractivity contribution in [3.63, 3.8) is 0 Å². The molecule has 0 spiro atoms. The molecular formula is C15H19NO. The van der Waals surface area contributed by atoms with Crippen molar-refractivity contribution in [2.75, 3.05) is 0 Å². The van der Waals surface area contributed by atoms with E-state index in [2.05, 4.69) is 37.9 Å². The van der Waals surface area contributed by atoms with Gasteiger partial charge < -0.3 is 0 Å². The predicted octanol–water partition coefficient (Wildman–Crippen LogP) is 3.63. The number of hydrogen-bond acceptors (Lipinski definition) is 2. The summed E-state index contributed by atoms with van der Waals surface area (Å²) in [7, 11) is 0. The van der Waals surface area contributed by atoms with Gasteiger partial charge in [0.2, 0.25) is 0 Å². The first-order valence-corrected chi connectivity index (χ1v) is 5.74. The molecule has 0 radical (unpaired) electrons. The molecule has 0 heterocycles. The summed E-state index contributed by atoms with van der Waals surface area (Å²) in [5.74, 6) is 0. The van der Waals surface area contributed by atoms with Crippen molar-refractivity contribution in [3.8, 4) is 0 Å². The van der Waals surface area contributed by atoms with Gasteiger partial charge in [-0.15, -0.1) is 0 Å². The van der Waals surface area contributed by atoms with E-state index in [1.165, 1.54) is 16.7 Å². The summed E-state index contributed by atoms with van der Waals surface area (Å²) >= 11 is 0. The Morgan fingerprint density at radius 2 is 1.71 bits per heavy atom. The first-order chi connectivity index (χ1) is 7.99. The van der Waals surface area contributed by atoms with Gasteiger partial charge in [-0.2, -0.15) is 0 Å². The Labute approximate surface area is 103 Å². The summed E-state index contributed by atoms with van der Waals surface area (Å²) in [4.78, 5) is 14.9. The first kappa shape index (κ1) is 13.4. The van der Waals surface area contributed by atoms with E-state index in [1.807, 2.05) is 13.0 Å². The number of rotatable bonds is 3. The van der Waals surface area contributed by atoms with Crippen LogP contribution in [0.2, 0.25) is 0 Å². The Kier molecular flexibility index (Phi) is 4.38. The maximum absolute atomic E-state index is 10.6. The number of aryl methyl sites for hydroxylation is 2. The van der Waals surface area contributed by atoms with Crippen LogP contribution >= 0.6 is 0 Å². The number of carbonyl (C=O) groups excluding carboxylic acids is 1. The highest BCUT2D eigenvalue weighted by Gasteiger charge is 2.04. The number of nitrogens with zero attached hydrogens (tertiary/aromatic N) is 1. The second-order valence-corrected chi connectivity index (χ2v) is 4.28. The van der Waals surface area contributed by atoms with Gasteiger partial charge in [-0.3, -0.25) is 9.79 Å². The van der Waals surface area contributed by atoms with Gasteiger partial charge in [0, 0.05) is 5.56 Å². The summed E-state index contributed by atoms with van der Waals surface area (Å²) in [6.45, 7) is 9.94. The van der Waals surface area contributed by atoms with E-state index < -0.39 is 0 Å². The number of aldehydes is 1. The van der Waals surface area contributed by atoms with Gasteiger partial charge in [-0.25, -0.2) is 0 Å². The van der Waals surface area contributed by atoms with Crippen molar-refractivity contribution in [1.29, 1.82) is 0 Å². The van der Waals surface area contributed by atoms with Crippen LogP contribution in [0.4, 0.5) is 0 Å². The zero-order valence-electron chi connectivity index (χ0n) is 11.2. The van der Waals surface area contributed by atoms with Crippen molar-refractivity contribution in [2.24, 2.45) is 4.99 Å². The predicted molar refractivity (Wildman–Crippen MR) is 73.5 cm³/mol. The number of benzene rings is 1. The maximum Gasteiger partial charge on any atom is 0.163 e. The van der Waals surface area contributed by atoms with Crippen LogP contribution in [0.3, 0.4) is 0 Å². The van der Waals surface area contributed by atoms with Crippen LogP contribution in [-0.4, -0.2) is 12.0 Å². The van der Waals surface area contributed by atoms with Crippen LogP contribution < -0.4 is 0 Å². The Bertz CT molecular complexity index is 473. The minimum absolute atomic E-state index is 0.494. The van der Waals surface area contributed by atoms with Crippen LogP contribution in [0.15, 0.2) is 23.2 Å². The average molecular weight is 229 g/mol. The molecule has 0 aliphatic rings. The second kappa shape index (κ2) is 5.58. The normalized spacial score (nSPS) is 12.8. The molecule has 2 nitrogen and oxygen atoms in total. The fourth-order valence-corrected chi connectivity index (χ4v) is 1.70. The maximum atomic E-state index is 10.6. The van der Waals surface area contributed by atoms with Gasteiger partial charge in [-0.1, -0.05) is 6.08 Å². The minimum Gasteiger partial charge on any atom is -0.297 e. The van der Waals surface area contributed by atoms with Crippen LogP contribution in [0.1, 0.15) is 36.1 Å². The lowest BCUT2D eigenvalue weighted by atomic mass is 9.99. The van der Waals surface area contributed by atoms with Gasteiger partial charge >= 0.3 is 0 Å². The third-order valence-electron chi connectivity index (χ3n) is 2.96. The molecule has 1 aromatic carbocycles. The minimum atomic E-state index is 0.494. The molecule has 0 fully saturated rings. The van der Waals surface area contributed by atoms with Gasteiger partial charge in [0.15, 0.2) is 6.29 Å². The summed E-state index contributed by atoms with van der Waals surface area (Å²) in [5.41, 5.74) is 6.21. The molecule has 0 aliphatic heterocycles. The lowest BCUT2D eigenvalue weighted by Crippen LogP contribution is -1.95. The SMILES string of the molecule is C/C=C(\N=C(/C)C=O)c1cc(C)c(C)c(C)c1. The molecule has 1 rings (SSSR count). The van der Waals surface area contributed by atoms with E-state index in [0.717, 1.165) is 17.5 Å². The summed E-state index contributed by atoms with van der Waals surface area (Å²) in [5, 5.41) is 0. The lowest BCUT2D eigenvalue weighted by Gasteiger charge is -2.09. The van der Waals surface area contributed by atoms with Gasteiger partial charge in [0.1, 0.15) is 0 Å². The van der Waals surface area contributed by atoms with E-state index in [-0.39, 0.29) is 0 Å². The quantitative estimate of drug-likeness (QED) is 0.575. The fraction of sp³-hybridized carbons (Fsp3) is 0.333. The first-order valence-electron chi connectivity index (χ1n) is 5.74. The number of allylic oxidation sites excluding steroid dienone is 1. The average Bonchev–Trinajstić information content (AvgIpc) is 2.31. The summed E-state index contributed by atoms with van der Waals surface area (Å²) < 4.78 is 0. The van der Waals surface area contributed by atoms with Crippen molar-refractivity contribution >= 4 is 17.7 Å². The lowest BCUT2D eigenvalue weighted by molar-refractivity contribution is -0.102. The molecule has 0 atom stereocenters. The highest BCUT2D eigenvalue weighted by molar-refractivity contribution is 6.28. The van der Waals surface area contributed by atoms with Gasteiger partial charge in [0.25, 0.3) is 0 Å². The third-order valence-corrected chi connectivity index (χ3v) is 2.96. The molecule has 0 bridgehead atoms. The molecule has 90 valence electrons. The number of carbonyl (C=O) groups is 1. The standard InChI is InChI=1S/C15H19NO/c1-6-15(16-12(4)9-17)14-7-10(2)13(5)11(3)8-14/h6-9H,1-5H3/b15-6-,16-12+. The van der Waals surface area contributed by atoms with Gasteiger partial charge in [0.05, 0.1) is 11.4 Å². The van der Waals surface area contributed by atoms with E-state index in [4.69, 9.17) is 0 Å². The van der Waals surface area contributed by atoms with Gasteiger partial charge in [-0.05, 0) is 63.4 Å². The number of aliphatic imine (C=N–C) groups is 1. The zero-order valence-corrected chi connectivity index (χ0v) is 11.2. The zero-order chi connectivity index (χ0) is 13.0. The molecular weight excluding hydrogens is 210 g/mol. The number of hydrogen-bond donors (Lipinski definition) is 0. The van der Waals surface area contributed by atoms with E-state index in [9.17, 15) is 4.79 Å². The molecule has 0 saturated heterocycles. The molecule has 2 heteroatoms. The molecule has 0 unspecified atom stereocenters. The Morgan fingerprint density at radius 3 is 2.12 bits per heavy atom. The van der Waals surface area contributed by atoms with Crippen molar-refractivity contribution in [2.45, 2.75) is 34.6 Å². The van der Waals surface area contributed by atoms with Crippen molar-refractivity contribution in [1.82, 2.24) is 0 Å². The molecule has 0 N–H and O–H groups in total. The molecule has 0 aromatic heterocycles. The van der Waals surface area contributed by atoms with Crippen molar-refractivity contribution in [3.05, 3.63) is 40.5 Å². The van der Waals surface area contributed by atoms with Crippen LogP contribution in [0.25, 0.3) is 5.70 Å². The van der Waals surface area contributed by atoms with Crippen molar-refractivity contribution < 1.29 is 4.79 Å².